The molecule has 0 aliphatic carbocycles. The number of nitrogens with zero attached hydrogens (tertiary/aromatic N) is 5. The Morgan fingerprint density at radius 2 is 1.73 bits per heavy atom. The summed E-state index contributed by atoms with van der Waals surface area (Å²) in [5.74, 6) is 2.14. The van der Waals surface area contributed by atoms with E-state index in [-0.39, 0.29) is 11.3 Å². The van der Waals surface area contributed by atoms with Gasteiger partial charge in [0.2, 0.25) is 5.95 Å². The van der Waals surface area contributed by atoms with E-state index in [1.807, 2.05) is 34.9 Å². The van der Waals surface area contributed by atoms with Gasteiger partial charge in [-0.1, -0.05) is 48.9 Å². The van der Waals surface area contributed by atoms with Crippen LogP contribution in [0.2, 0.25) is 5.02 Å². The Hall–Kier alpha value is -2.20. The average molecular weight is 449 g/mol. The van der Waals surface area contributed by atoms with Gasteiger partial charge in [-0.15, -0.1) is 10.2 Å². The van der Waals surface area contributed by atoms with Crippen LogP contribution < -0.4 is 4.72 Å². The number of aromatic nitrogens is 5. The van der Waals surface area contributed by atoms with Crippen molar-refractivity contribution in [2.24, 2.45) is 0 Å². The normalized spacial score (nSPS) is 12.3. The molecule has 1 unspecified atom stereocenters. The third-order valence-electron chi connectivity index (χ3n) is 4.31. The molecule has 2 heterocycles. The SMILES string of the molecule is COCC(COC)n1c(NSC(C)Cc2ncc(Cl)cn2)nnc1-c1ccccc1. The monoisotopic (exact) mass is 448 g/mol. The largest absolute Gasteiger partial charge is 0.382 e. The van der Waals surface area contributed by atoms with E-state index in [4.69, 9.17) is 21.1 Å². The Bertz CT molecular complexity index is 903. The molecule has 0 saturated heterocycles. The number of nitrogens with one attached hydrogen (secondary N) is 1. The maximum absolute atomic E-state index is 5.86. The van der Waals surface area contributed by atoms with E-state index in [0.29, 0.717) is 30.6 Å². The fourth-order valence-electron chi connectivity index (χ4n) is 2.97. The summed E-state index contributed by atoms with van der Waals surface area (Å²) in [7, 11) is 3.34. The second kappa shape index (κ2) is 11.3. The molecule has 160 valence electrons. The average Bonchev–Trinajstić information content (AvgIpc) is 3.18. The quantitative estimate of drug-likeness (QED) is 0.442. The first kappa shape index (κ1) is 22.5. The Morgan fingerprint density at radius 3 is 2.37 bits per heavy atom. The molecule has 2 aromatic heterocycles. The fraction of sp³-hybridized carbons (Fsp3) is 0.400. The van der Waals surface area contributed by atoms with Crippen LogP contribution in [-0.4, -0.2) is 57.4 Å². The molecule has 10 heteroatoms. The molecule has 1 N–H and O–H groups in total. The van der Waals surface area contributed by atoms with Crippen LogP contribution in [0.3, 0.4) is 0 Å². The number of ether oxygens (including phenoxy) is 2. The van der Waals surface area contributed by atoms with E-state index in [1.165, 1.54) is 11.9 Å². The number of benzene rings is 1. The van der Waals surface area contributed by atoms with Crippen LogP contribution >= 0.6 is 23.5 Å². The highest BCUT2D eigenvalue weighted by molar-refractivity contribution is 8.01. The van der Waals surface area contributed by atoms with Crippen LogP contribution in [0, 0.1) is 0 Å². The summed E-state index contributed by atoms with van der Waals surface area (Å²) >= 11 is 7.40. The van der Waals surface area contributed by atoms with Gasteiger partial charge in [0.1, 0.15) is 5.82 Å². The molecule has 0 radical (unpaired) electrons. The molecule has 0 amide bonds. The lowest BCUT2D eigenvalue weighted by molar-refractivity contribution is 0.0909. The van der Waals surface area contributed by atoms with Crippen molar-refractivity contribution in [1.82, 2.24) is 24.7 Å². The first-order valence-electron chi connectivity index (χ1n) is 9.48. The maximum atomic E-state index is 5.86. The van der Waals surface area contributed by atoms with Gasteiger partial charge in [0, 0.05) is 43.8 Å². The van der Waals surface area contributed by atoms with Gasteiger partial charge in [0.05, 0.1) is 24.3 Å². The molecule has 30 heavy (non-hydrogen) atoms. The Labute approximate surface area is 185 Å². The van der Waals surface area contributed by atoms with Gasteiger partial charge in [0.25, 0.3) is 0 Å². The molecule has 0 spiro atoms. The zero-order valence-electron chi connectivity index (χ0n) is 17.2. The van der Waals surface area contributed by atoms with Crippen molar-refractivity contribution >= 4 is 29.5 Å². The predicted molar refractivity (Wildman–Crippen MR) is 120 cm³/mol. The van der Waals surface area contributed by atoms with Crippen LogP contribution in [-0.2, 0) is 15.9 Å². The van der Waals surface area contributed by atoms with Gasteiger partial charge in [-0.25, -0.2) is 9.97 Å². The maximum Gasteiger partial charge on any atom is 0.235 e. The highest BCUT2D eigenvalue weighted by Gasteiger charge is 2.22. The van der Waals surface area contributed by atoms with Crippen LogP contribution in [0.1, 0.15) is 18.8 Å². The van der Waals surface area contributed by atoms with Crippen molar-refractivity contribution in [3.8, 4) is 11.4 Å². The molecule has 0 aliphatic rings. The summed E-state index contributed by atoms with van der Waals surface area (Å²) in [6, 6.07) is 9.87. The minimum absolute atomic E-state index is 0.0804. The van der Waals surface area contributed by atoms with Crippen LogP contribution in [0.5, 0.6) is 0 Å². The lowest BCUT2D eigenvalue weighted by Gasteiger charge is -2.21. The smallest absolute Gasteiger partial charge is 0.235 e. The van der Waals surface area contributed by atoms with Crippen molar-refractivity contribution in [3.63, 3.8) is 0 Å². The molecule has 0 bridgehead atoms. The summed E-state index contributed by atoms with van der Waals surface area (Å²) in [6.07, 6.45) is 3.91. The third-order valence-corrected chi connectivity index (χ3v) is 5.37. The molecule has 8 nitrogen and oxygen atoms in total. The van der Waals surface area contributed by atoms with Crippen LogP contribution in [0.25, 0.3) is 11.4 Å². The molecular formula is C20H25ClN6O2S. The summed E-state index contributed by atoms with van der Waals surface area (Å²) in [5.41, 5.74) is 0.975. The van der Waals surface area contributed by atoms with Gasteiger partial charge in [-0.2, -0.15) is 0 Å². The van der Waals surface area contributed by atoms with Gasteiger partial charge >= 0.3 is 0 Å². The number of rotatable bonds is 11. The third kappa shape index (κ3) is 5.91. The number of hydrogen-bond acceptors (Lipinski definition) is 8. The molecule has 3 rings (SSSR count). The minimum atomic E-state index is -0.0804. The number of anilines is 1. The van der Waals surface area contributed by atoms with Crippen molar-refractivity contribution in [1.29, 1.82) is 0 Å². The molecule has 0 aliphatic heterocycles. The molecule has 1 atom stereocenters. The first-order chi connectivity index (χ1) is 14.6. The highest BCUT2D eigenvalue weighted by Crippen LogP contribution is 2.28. The predicted octanol–water partition coefficient (Wildman–Crippen LogP) is 3.91. The molecule has 0 saturated carbocycles. The minimum Gasteiger partial charge on any atom is -0.382 e. The molecule has 3 aromatic rings. The van der Waals surface area contributed by atoms with E-state index in [0.717, 1.165) is 17.2 Å². The van der Waals surface area contributed by atoms with Crippen molar-refractivity contribution in [2.75, 3.05) is 32.2 Å². The van der Waals surface area contributed by atoms with Gasteiger partial charge < -0.3 is 9.47 Å². The molecular weight excluding hydrogens is 424 g/mol. The summed E-state index contributed by atoms with van der Waals surface area (Å²) in [5, 5.41) is 9.54. The summed E-state index contributed by atoms with van der Waals surface area (Å²) < 4.78 is 16.2. The van der Waals surface area contributed by atoms with Crippen molar-refractivity contribution < 1.29 is 9.47 Å². The lowest BCUT2D eigenvalue weighted by atomic mass is 10.2. The van der Waals surface area contributed by atoms with E-state index >= 15 is 0 Å². The van der Waals surface area contributed by atoms with E-state index in [2.05, 4.69) is 31.8 Å². The Balaban J connectivity index is 1.79. The van der Waals surface area contributed by atoms with Crippen molar-refractivity contribution in [3.05, 3.63) is 53.6 Å². The number of halogens is 1. The van der Waals surface area contributed by atoms with Crippen LogP contribution in [0.15, 0.2) is 42.7 Å². The topological polar surface area (TPSA) is 87.0 Å². The lowest BCUT2D eigenvalue weighted by Crippen LogP contribution is -2.22. The van der Waals surface area contributed by atoms with E-state index < -0.39 is 0 Å². The second-order valence-electron chi connectivity index (χ2n) is 6.70. The van der Waals surface area contributed by atoms with Crippen molar-refractivity contribution in [2.45, 2.75) is 24.6 Å². The second-order valence-corrected chi connectivity index (χ2v) is 8.38. The zero-order valence-corrected chi connectivity index (χ0v) is 18.7. The number of methoxy groups -OCH3 is 2. The van der Waals surface area contributed by atoms with Gasteiger partial charge in [-0.05, 0) is 11.9 Å². The Morgan fingerprint density at radius 1 is 1.07 bits per heavy atom. The first-order valence-corrected chi connectivity index (χ1v) is 10.7. The van der Waals surface area contributed by atoms with Gasteiger partial charge in [-0.3, -0.25) is 9.29 Å². The summed E-state index contributed by atoms with van der Waals surface area (Å²) in [6.45, 7) is 3.04. The highest BCUT2D eigenvalue weighted by atomic mass is 35.5. The molecule has 1 aromatic carbocycles. The zero-order chi connectivity index (χ0) is 21.3. The Kier molecular flexibility index (Phi) is 8.44. The molecule has 0 fully saturated rings. The van der Waals surface area contributed by atoms with E-state index in [1.54, 1.807) is 26.6 Å². The number of hydrogen-bond donors (Lipinski definition) is 1. The van der Waals surface area contributed by atoms with Gasteiger partial charge in [0.15, 0.2) is 5.82 Å². The van der Waals surface area contributed by atoms with E-state index in [9.17, 15) is 0 Å². The fourth-order valence-corrected chi connectivity index (χ4v) is 3.75. The van der Waals surface area contributed by atoms with Crippen LogP contribution in [0.4, 0.5) is 5.95 Å². The summed E-state index contributed by atoms with van der Waals surface area (Å²) in [4.78, 5) is 8.52. The standard InChI is InChI=1S/C20H25ClN6O2S/c1-14(9-18-22-10-16(21)11-23-18)30-26-20-25-24-19(15-7-5-4-6-8-15)27(20)17(12-28-2)13-29-3/h4-8,10-11,14,17H,9,12-13H2,1-3H3,(H,25,26).